The van der Waals surface area contributed by atoms with E-state index in [1.165, 1.54) is 32.4 Å². The largest absolute Gasteiger partial charge is 0.504 e. The first-order valence-electron chi connectivity index (χ1n) is 7.58. The maximum Gasteiger partial charge on any atom is 0.160 e. The van der Waals surface area contributed by atoms with E-state index in [0.717, 1.165) is 31.2 Å². The minimum Gasteiger partial charge on any atom is -0.504 e. The van der Waals surface area contributed by atoms with Crippen LogP contribution < -0.4 is 4.74 Å². The number of aromatic hydroxyl groups is 1. The van der Waals surface area contributed by atoms with Gasteiger partial charge in [-0.3, -0.25) is 9.80 Å². The lowest BCUT2D eigenvalue weighted by atomic mass is 9.99. The average molecular weight is 276 g/mol. The molecule has 1 aromatic carbocycles. The van der Waals surface area contributed by atoms with E-state index in [1.807, 2.05) is 18.2 Å². The van der Waals surface area contributed by atoms with Crippen LogP contribution in [0.3, 0.4) is 0 Å². The Morgan fingerprint density at radius 2 is 2.15 bits per heavy atom. The average Bonchev–Trinajstić information content (AvgIpc) is 2.47. The van der Waals surface area contributed by atoms with Crippen molar-refractivity contribution in [2.24, 2.45) is 0 Å². The Bertz CT molecular complexity index is 464. The lowest BCUT2D eigenvalue weighted by Gasteiger charge is -2.44. The van der Waals surface area contributed by atoms with Crippen LogP contribution in [-0.4, -0.2) is 54.2 Å². The molecule has 20 heavy (non-hydrogen) atoms. The summed E-state index contributed by atoms with van der Waals surface area (Å²) < 4.78 is 5.09. The summed E-state index contributed by atoms with van der Waals surface area (Å²) in [5.74, 6) is 0.784. The number of ether oxygens (including phenoxy) is 1. The third-order valence-corrected chi connectivity index (χ3v) is 4.57. The van der Waals surface area contributed by atoms with Crippen LogP contribution in [0.2, 0.25) is 0 Å². The van der Waals surface area contributed by atoms with E-state index in [0.29, 0.717) is 5.75 Å². The van der Waals surface area contributed by atoms with Crippen molar-refractivity contribution < 1.29 is 9.84 Å². The maximum atomic E-state index is 9.86. The van der Waals surface area contributed by atoms with Gasteiger partial charge in [0.05, 0.1) is 7.11 Å². The Morgan fingerprint density at radius 1 is 1.25 bits per heavy atom. The fraction of sp³-hybridized carbons (Fsp3) is 0.625. The maximum absolute atomic E-state index is 9.86. The third kappa shape index (κ3) is 2.91. The molecule has 0 aliphatic carbocycles. The second-order valence-electron chi connectivity index (χ2n) is 5.93. The van der Waals surface area contributed by atoms with Gasteiger partial charge in [0.1, 0.15) is 0 Å². The molecule has 2 aliphatic rings. The van der Waals surface area contributed by atoms with Crippen LogP contribution in [0.5, 0.6) is 11.5 Å². The van der Waals surface area contributed by atoms with Crippen LogP contribution in [0.1, 0.15) is 24.8 Å². The van der Waals surface area contributed by atoms with Crippen molar-refractivity contribution in [1.82, 2.24) is 9.80 Å². The van der Waals surface area contributed by atoms with Gasteiger partial charge in [-0.05, 0) is 37.1 Å². The van der Waals surface area contributed by atoms with Crippen molar-refractivity contribution in [2.45, 2.75) is 31.8 Å². The van der Waals surface area contributed by atoms with Crippen molar-refractivity contribution in [1.29, 1.82) is 0 Å². The minimum atomic E-state index is 0.237. The lowest BCUT2D eigenvalue weighted by molar-refractivity contribution is 0.0456. The van der Waals surface area contributed by atoms with Gasteiger partial charge in [0.25, 0.3) is 0 Å². The van der Waals surface area contributed by atoms with Crippen molar-refractivity contribution in [3.05, 3.63) is 23.8 Å². The van der Waals surface area contributed by atoms with E-state index in [9.17, 15) is 5.11 Å². The number of piperazine rings is 1. The van der Waals surface area contributed by atoms with E-state index in [1.54, 1.807) is 7.11 Å². The predicted molar refractivity (Wildman–Crippen MR) is 79.1 cm³/mol. The van der Waals surface area contributed by atoms with E-state index in [4.69, 9.17) is 4.74 Å². The third-order valence-electron chi connectivity index (χ3n) is 4.57. The summed E-state index contributed by atoms with van der Waals surface area (Å²) in [5, 5.41) is 9.86. The van der Waals surface area contributed by atoms with Crippen LogP contribution in [0, 0.1) is 0 Å². The SMILES string of the molecule is COc1ccc(CN2CCN3CCCCC3C2)cc1O. The second kappa shape index (κ2) is 6.02. The Labute approximate surface area is 120 Å². The number of methoxy groups -OCH3 is 1. The summed E-state index contributed by atoms with van der Waals surface area (Å²) in [6, 6.07) is 6.46. The fourth-order valence-electron chi connectivity index (χ4n) is 3.46. The summed E-state index contributed by atoms with van der Waals surface area (Å²) in [5.41, 5.74) is 1.16. The van der Waals surface area contributed by atoms with Gasteiger partial charge in [-0.1, -0.05) is 12.5 Å². The first-order valence-corrected chi connectivity index (χ1v) is 7.58. The highest BCUT2D eigenvalue weighted by Gasteiger charge is 2.28. The van der Waals surface area contributed by atoms with Crippen molar-refractivity contribution in [3.8, 4) is 11.5 Å². The molecule has 3 rings (SSSR count). The van der Waals surface area contributed by atoms with Crippen LogP contribution in [0.25, 0.3) is 0 Å². The summed E-state index contributed by atoms with van der Waals surface area (Å²) in [4.78, 5) is 5.15. The van der Waals surface area contributed by atoms with Crippen LogP contribution >= 0.6 is 0 Å². The molecule has 1 unspecified atom stereocenters. The first kappa shape index (κ1) is 13.7. The van der Waals surface area contributed by atoms with E-state index in [-0.39, 0.29) is 5.75 Å². The minimum absolute atomic E-state index is 0.237. The molecule has 4 heteroatoms. The molecular formula is C16H24N2O2. The number of fused-ring (bicyclic) bond motifs is 1. The van der Waals surface area contributed by atoms with Crippen molar-refractivity contribution in [2.75, 3.05) is 33.3 Å². The number of rotatable bonds is 3. The zero-order valence-electron chi connectivity index (χ0n) is 12.2. The Morgan fingerprint density at radius 3 is 2.95 bits per heavy atom. The zero-order chi connectivity index (χ0) is 13.9. The van der Waals surface area contributed by atoms with Crippen molar-refractivity contribution >= 4 is 0 Å². The molecule has 0 radical (unpaired) electrons. The van der Waals surface area contributed by atoms with Gasteiger partial charge in [-0.25, -0.2) is 0 Å². The van der Waals surface area contributed by atoms with Gasteiger partial charge < -0.3 is 9.84 Å². The summed E-state index contributed by atoms with van der Waals surface area (Å²) in [6.07, 6.45) is 4.07. The number of hydrogen-bond acceptors (Lipinski definition) is 4. The Balaban J connectivity index is 1.62. The van der Waals surface area contributed by atoms with Gasteiger partial charge >= 0.3 is 0 Å². The highest BCUT2D eigenvalue weighted by atomic mass is 16.5. The number of nitrogens with zero attached hydrogens (tertiary/aromatic N) is 2. The van der Waals surface area contributed by atoms with E-state index in [2.05, 4.69) is 9.80 Å². The molecule has 0 saturated carbocycles. The zero-order valence-corrected chi connectivity index (χ0v) is 12.2. The number of piperidine rings is 1. The van der Waals surface area contributed by atoms with Crippen LogP contribution in [0.15, 0.2) is 18.2 Å². The predicted octanol–water partition coefficient (Wildman–Crippen LogP) is 2.07. The summed E-state index contributed by atoms with van der Waals surface area (Å²) in [6.45, 7) is 5.67. The molecule has 0 aromatic heterocycles. The van der Waals surface area contributed by atoms with E-state index >= 15 is 0 Å². The molecule has 1 aromatic rings. The summed E-state index contributed by atoms with van der Waals surface area (Å²) >= 11 is 0. The van der Waals surface area contributed by atoms with Gasteiger partial charge in [0.15, 0.2) is 11.5 Å². The molecule has 2 aliphatic heterocycles. The monoisotopic (exact) mass is 276 g/mol. The standard InChI is InChI=1S/C16H24N2O2/c1-20-16-6-5-13(10-15(16)19)11-17-8-9-18-7-3-2-4-14(18)12-17/h5-6,10,14,19H,2-4,7-9,11-12H2,1H3. The number of phenols is 1. The molecule has 1 N–H and O–H groups in total. The molecule has 4 nitrogen and oxygen atoms in total. The highest BCUT2D eigenvalue weighted by molar-refractivity contribution is 5.41. The molecule has 2 saturated heterocycles. The molecule has 0 amide bonds. The molecular weight excluding hydrogens is 252 g/mol. The lowest BCUT2D eigenvalue weighted by Crippen LogP contribution is -2.54. The molecule has 0 spiro atoms. The normalized spacial score (nSPS) is 24.4. The highest BCUT2D eigenvalue weighted by Crippen LogP contribution is 2.28. The number of phenolic OH excluding ortho intramolecular Hbond substituents is 1. The Hall–Kier alpha value is -1.26. The van der Waals surface area contributed by atoms with Gasteiger partial charge in [0.2, 0.25) is 0 Å². The van der Waals surface area contributed by atoms with E-state index < -0.39 is 0 Å². The molecule has 2 heterocycles. The van der Waals surface area contributed by atoms with Crippen molar-refractivity contribution in [3.63, 3.8) is 0 Å². The van der Waals surface area contributed by atoms with Crippen LogP contribution in [0.4, 0.5) is 0 Å². The van der Waals surface area contributed by atoms with Crippen LogP contribution in [-0.2, 0) is 6.54 Å². The topological polar surface area (TPSA) is 35.9 Å². The number of hydrogen-bond donors (Lipinski definition) is 1. The van der Waals surface area contributed by atoms with Gasteiger partial charge in [-0.2, -0.15) is 0 Å². The van der Waals surface area contributed by atoms with Gasteiger partial charge in [0, 0.05) is 32.2 Å². The first-order chi connectivity index (χ1) is 9.76. The van der Waals surface area contributed by atoms with Gasteiger partial charge in [-0.15, -0.1) is 0 Å². The Kier molecular flexibility index (Phi) is 4.13. The summed E-state index contributed by atoms with van der Waals surface area (Å²) in [7, 11) is 1.58. The smallest absolute Gasteiger partial charge is 0.160 e. The molecule has 1 atom stereocenters. The molecule has 0 bridgehead atoms. The second-order valence-corrected chi connectivity index (χ2v) is 5.93. The fourth-order valence-corrected chi connectivity index (χ4v) is 3.46. The molecule has 110 valence electrons. The quantitative estimate of drug-likeness (QED) is 0.917. The molecule has 2 fully saturated rings. The number of benzene rings is 1.